The Morgan fingerprint density at radius 3 is 2.69 bits per heavy atom. The van der Waals surface area contributed by atoms with Crippen LogP contribution in [0.5, 0.6) is 0 Å². The highest BCUT2D eigenvalue weighted by molar-refractivity contribution is 7.91. The Hall–Kier alpha value is -3.48. The van der Waals surface area contributed by atoms with E-state index in [1.54, 1.807) is 18.2 Å². The van der Waals surface area contributed by atoms with Crippen molar-refractivity contribution in [3.05, 3.63) is 71.1 Å². The molecule has 0 aliphatic rings. The molecule has 32 heavy (non-hydrogen) atoms. The van der Waals surface area contributed by atoms with Crippen molar-refractivity contribution in [1.29, 1.82) is 0 Å². The van der Waals surface area contributed by atoms with Crippen LogP contribution in [0.25, 0.3) is 11.4 Å². The first-order chi connectivity index (χ1) is 15.3. The molecule has 0 spiro atoms. The third kappa shape index (κ3) is 4.88. The van der Waals surface area contributed by atoms with Gasteiger partial charge in [0.2, 0.25) is 21.2 Å². The standard InChI is InChI=1S/C20H18N6O4S2/c1-12-6-5-8-14(10-12)18(27)23-19-24-25-20(31-19)32(28,29)21-11-16-22-17(26-30-16)15-9-4-3-7-13(15)2/h3-10,21H,11H2,1-2H3,(H,23,24,27). The largest absolute Gasteiger partial charge is 0.338 e. The van der Waals surface area contributed by atoms with E-state index in [0.29, 0.717) is 11.4 Å². The summed E-state index contributed by atoms with van der Waals surface area (Å²) in [5.41, 5.74) is 3.12. The Morgan fingerprint density at radius 2 is 1.91 bits per heavy atom. The molecule has 0 aliphatic heterocycles. The first-order valence-electron chi connectivity index (χ1n) is 9.41. The first kappa shape index (κ1) is 21.7. The zero-order valence-corrected chi connectivity index (χ0v) is 18.7. The van der Waals surface area contributed by atoms with Crippen LogP contribution in [-0.2, 0) is 16.6 Å². The Kier molecular flexibility index (Phi) is 6.08. The van der Waals surface area contributed by atoms with Gasteiger partial charge in [-0.25, -0.2) is 8.42 Å². The lowest BCUT2D eigenvalue weighted by Gasteiger charge is -2.02. The number of hydrogen-bond acceptors (Lipinski definition) is 9. The zero-order chi connectivity index (χ0) is 22.7. The molecule has 2 aromatic heterocycles. The van der Waals surface area contributed by atoms with Crippen LogP contribution in [0.2, 0.25) is 0 Å². The third-order valence-electron chi connectivity index (χ3n) is 4.40. The minimum Gasteiger partial charge on any atom is -0.338 e. The molecule has 12 heteroatoms. The average molecular weight is 471 g/mol. The number of benzene rings is 2. The van der Waals surface area contributed by atoms with Gasteiger partial charge in [-0.1, -0.05) is 58.5 Å². The van der Waals surface area contributed by atoms with Crippen LogP contribution in [0.4, 0.5) is 5.13 Å². The molecule has 0 saturated carbocycles. The average Bonchev–Trinajstić information content (AvgIpc) is 3.43. The van der Waals surface area contributed by atoms with Crippen molar-refractivity contribution < 1.29 is 17.7 Å². The molecule has 10 nitrogen and oxygen atoms in total. The van der Waals surface area contributed by atoms with Gasteiger partial charge in [0.15, 0.2) is 0 Å². The van der Waals surface area contributed by atoms with E-state index in [2.05, 4.69) is 30.4 Å². The second kappa shape index (κ2) is 8.94. The highest BCUT2D eigenvalue weighted by Gasteiger charge is 2.22. The molecule has 2 aromatic carbocycles. The monoisotopic (exact) mass is 470 g/mol. The maximum atomic E-state index is 12.5. The molecular weight excluding hydrogens is 452 g/mol. The van der Waals surface area contributed by atoms with Crippen LogP contribution in [-0.4, -0.2) is 34.7 Å². The van der Waals surface area contributed by atoms with Gasteiger partial charge in [-0.3, -0.25) is 10.1 Å². The maximum Gasteiger partial charge on any atom is 0.270 e. The summed E-state index contributed by atoms with van der Waals surface area (Å²) in [5.74, 6) is 0.0648. The van der Waals surface area contributed by atoms with E-state index in [0.717, 1.165) is 28.0 Å². The number of hydrogen-bond donors (Lipinski definition) is 2. The van der Waals surface area contributed by atoms with E-state index in [-0.39, 0.29) is 21.9 Å². The minimum absolute atomic E-state index is 0.0662. The van der Waals surface area contributed by atoms with Crippen LogP contribution in [0, 0.1) is 13.8 Å². The van der Waals surface area contributed by atoms with Gasteiger partial charge in [-0.15, -0.1) is 10.2 Å². The van der Waals surface area contributed by atoms with Gasteiger partial charge in [0.05, 0.1) is 6.54 Å². The Morgan fingerprint density at radius 1 is 1.09 bits per heavy atom. The lowest BCUT2D eigenvalue weighted by atomic mass is 10.1. The fraction of sp³-hybridized carbons (Fsp3) is 0.150. The van der Waals surface area contributed by atoms with Crippen molar-refractivity contribution >= 4 is 32.4 Å². The fourth-order valence-corrected chi connectivity index (χ4v) is 4.71. The minimum atomic E-state index is -3.99. The van der Waals surface area contributed by atoms with E-state index in [1.165, 1.54) is 0 Å². The molecule has 0 fully saturated rings. The number of amides is 1. The van der Waals surface area contributed by atoms with Gasteiger partial charge < -0.3 is 4.52 Å². The van der Waals surface area contributed by atoms with Crippen molar-refractivity contribution in [1.82, 2.24) is 25.1 Å². The van der Waals surface area contributed by atoms with Crippen LogP contribution < -0.4 is 10.0 Å². The molecule has 4 rings (SSSR count). The van der Waals surface area contributed by atoms with Crippen LogP contribution in [0.3, 0.4) is 0 Å². The predicted octanol–water partition coefficient (Wildman–Crippen LogP) is 2.94. The molecule has 1 amide bonds. The quantitative estimate of drug-likeness (QED) is 0.393. The summed E-state index contributed by atoms with van der Waals surface area (Å²) in [6.07, 6.45) is 0. The van der Waals surface area contributed by atoms with Gasteiger partial charge in [0.25, 0.3) is 15.9 Å². The van der Waals surface area contributed by atoms with Gasteiger partial charge >= 0.3 is 0 Å². The fourth-order valence-electron chi connectivity index (χ4n) is 2.80. The SMILES string of the molecule is Cc1cccc(C(=O)Nc2nnc(S(=O)(=O)NCc3nc(-c4ccccc4C)no3)s2)c1. The van der Waals surface area contributed by atoms with Crippen LogP contribution in [0.15, 0.2) is 57.4 Å². The van der Waals surface area contributed by atoms with Crippen molar-refractivity contribution in [2.24, 2.45) is 0 Å². The number of anilines is 1. The number of nitrogens with zero attached hydrogens (tertiary/aromatic N) is 4. The van der Waals surface area contributed by atoms with E-state index in [1.807, 2.05) is 44.2 Å². The summed E-state index contributed by atoms with van der Waals surface area (Å²) in [6, 6.07) is 14.5. The van der Waals surface area contributed by atoms with Crippen LogP contribution in [0.1, 0.15) is 27.4 Å². The second-order valence-corrected chi connectivity index (χ2v) is 9.77. The molecule has 0 bridgehead atoms. The van der Waals surface area contributed by atoms with Gasteiger partial charge in [-0.2, -0.15) is 9.71 Å². The number of aromatic nitrogens is 4. The van der Waals surface area contributed by atoms with E-state index in [9.17, 15) is 13.2 Å². The van der Waals surface area contributed by atoms with E-state index >= 15 is 0 Å². The highest BCUT2D eigenvalue weighted by Crippen LogP contribution is 2.22. The van der Waals surface area contributed by atoms with Crippen molar-refractivity contribution in [3.63, 3.8) is 0 Å². The summed E-state index contributed by atoms with van der Waals surface area (Å²) in [5, 5.41) is 13.9. The van der Waals surface area contributed by atoms with Crippen molar-refractivity contribution in [2.45, 2.75) is 24.7 Å². The number of rotatable bonds is 7. The molecule has 0 atom stereocenters. The predicted molar refractivity (Wildman–Crippen MR) is 118 cm³/mol. The number of carbonyl (C=O) groups excluding carboxylic acids is 1. The topological polar surface area (TPSA) is 140 Å². The molecule has 2 N–H and O–H groups in total. The van der Waals surface area contributed by atoms with Gasteiger partial charge in [0, 0.05) is 11.1 Å². The molecular formula is C20H18N6O4S2. The van der Waals surface area contributed by atoms with Crippen LogP contribution >= 0.6 is 11.3 Å². The number of nitrogens with one attached hydrogen (secondary N) is 2. The summed E-state index contributed by atoms with van der Waals surface area (Å²) >= 11 is 0.735. The lowest BCUT2D eigenvalue weighted by Crippen LogP contribution is -2.23. The zero-order valence-electron chi connectivity index (χ0n) is 17.1. The molecule has 0 saturated heterocycles. The lowest BCUT2D eigenvalue weighted by molar-refractivity contribution is 0.102. The summed E-state index contributed by atoms with van der Waals surface area (Å²) in [4.78, 5) is 16.5. The molecule has 0 unspecified atom stereocenters. The number of carbonyl (C=O) groups is 1. The third-order valence-corrected chi connectivity index (χ3v) is 7.01. The Bertz CT molecular complexity index is 1380. The summed E-state index contributed by atoms with van der Waals surface area (Å²) < 4.78 is 32.3. The highest BCUT2D eigenvalue weighted by atomic mass is 32.2. The number of sulfonamides is 1. The van der Waals surface area contributed by atoms with Gasteiger partial charge in [-0.05, 0) is 31.5 Å². The van der Waals surface area contributed by atoms with Crippen molar-refractivity contribution in [2.75, 3.05) is 5.32 Å². The normalized spacial score (nSPS) is 11.4. The molecule has 0 radical (unpaired) electrons. The second-order valence-electron chi connectivity index (χ2n) is 6.85. The summed E-state index contributed by atoms with van der Waals surface area (Å²) in [6.45, 7) is 3.57. The van der Waals surface area contributed by atoms with Gasteiger partial charge in [0.1, 0.15) is 0 Å². The Labute approximate surface area is 187 Å². The summed E-state index contributed by atoms with van der Waals surface area (Å²) in [7, 11) is -3.99. The smallest absolute Gasteiger partial charge is 0.270 e. The molecule has 2 heterocycles. The van der Waals surface area contributed by atoms with E-state index in [4.69, 9.17) is 4.52 Å². The van der Waals surface area contributed by atoms with E-state index < -0.39 is 15.9 Å². The van der Waals surface area contributed by atoms with Crippen molar-refractivity contribution in [3.8, 4) is 11.4 Å². The number of aryl methyl sites for hydroxylation is 2. The molecule has 164 valence electrons. The first-order valence-corrected chi connectivity index (χ1v) is 11.7. The maximum absolute atomic E-state index is 12.5. The molecule has 0 aliphatic carbocycles. The molecule has 4 aromatic rings. The Balaban J connectivity index is 1.41.